The van der Waals surface area contributed by atoms with Crippen molar-refractivity contribution in [1.29, 1.82) is 0 Å². The molecule has 2 aromatic rings. The van der Waals surface area contributed by atoms with E-state index in [0.29, 0.717) is 10.6 Å². The van der Waals surface area contributed by atoms with Gasteiger partial charge < -0.3 is 0 Å². The third-order valence-electron chi connectivity index (χ3n) is 1.84. The van der Waals surface area contributed by atoms with Gasteiger partial charge in [-0.05, 0) is 28.1 Å². The summed E-state index contributed by atoms with van der Waals surface area (Å²) in [5.41, 5.74) is 1.41. The predicted molar refractivity (Wildman–Crippen MR) is 65.6 cm³/mol. The summed E-state index contributed by atoms with van der Waals surface area (Å²) in [6.45, 7) is 0. The van der Waals surface area contributed by atoms with Gasteiger partial charge in [0.15, 0.2) is 0 Å². The number of carbonyl (C=O) groups excluding carboxylic acids is 1. The van der Waals surface area contributed by atoms with Crippen LogP contribution < -0.4 is 0 Å². The molecule has 0 unspecified atom stereocenters. The Morgan fingerprint density at radius 2 is 2.27 bits per heavy atom. The third-order valence-corrected chi connectivity index (χ3v) is 3.66. The standard InChI is InChI=1S/C10H5BrClNOS/c11-9-4-13-10(15-9)7-2-1-6(5-14)3-8(7)12/h1-5H. The van der Waals surface area contributed by atoms with Gasteiger partial charge in [0.25, 0.3) is 0 Å². The second kappa shape index (κ2) is 4.43. The van der Waals surface area contributed by atoms with Crippen molar-refractivity contribution in [1.82, 2.24) is 4.98 Å². The maximum absolute atomic E-state index is 10.5. The van der Waals surface area contributed by atoms with Crippen LogP contribution in [0.2, 0.25) is 5.02 Å². The Kier molecular flexibility index (Phi) is 3.19. The largest absolute Gasteiger partial charge is 0.298 e. The van der Waals surface area contributed by atoms with Crippen molar-refractivity contribution >= 4 is 45.2 Å². The van der Waals surface area contributed by atoms with Crippen LogP contribution >= 0.6 is 38.9 Å². The molecule has 1 aromatic heterocycles. The smallest absolute Gasteiger partial charge is 0.150 e. The number of nitrogens with zero attached hydrogens (tertiary/aromatic N) is 1. The van der Waals surface area contributed by atoms with Crippen LogP contribution in [-0.2, 0) is 0 Å². The average Bonchev–Trinajstić information content (AvgIpc) is 2.64. The molecule has 5 heteroatoms. The molecule has 0 aliphatic rings. The summed E-state index contributed by atoms with van der Waals surface area (Å²) < 4.78 is 0.952. The molecular formula is C10H5BrClNOS. The van der Waals surface area contributed by atoms with Crippen LogP contribution in [0.4, 0.5) is 0 Å². The molecule has 0 saturated heterocycles. The fraction of sp³-hybridized carbons (Fsp3) is 0. The number of halogens is 2. The molecule has 76 valence electrons. The SMILES string of the molecule is O=Cc1ccc(-c2ncc(Br)s2)c(Cl)c1. The normalized spacial score (nSPS) is 10.3. The zero-order valence-electron chi connectivity index (χ0n) is 7.41. The number of aldehydes is 1. The quantitative estimate of drug-likeness (QED) is 0.784. The van der Waals surface area contributed by atoms with E-state index in [1.165, 1.54) is 11.3 Å². The number of aromatic nitrogens is 1. The monoisotopic (exact) mass is 301 g/mol. The first-order chi connectivity index (χ1) is 7.20. The zero-order chi connectivity index (χ0) is 10.8. The molecule has 1 aromatic carbocycles. The minimum absolute atomic E-state index is 0.543. The summed E-state index contributed by atoms with van der Waals surface area (Å²) in [4.78, 5) is 14.7. The topological polar surface area (TPSA) is 30.0 Å². The number of rotatable bonds is 2. The molecule has 0 saturated carbocycles. The lowest BCUT2D eigenvalue weighted by Gasteiger charge is -2.00. The van der Waals surface area contributed by atoms with Crippen molar-refractivity contribution in [3.63, 3.8) is 0 Å². The first-order valence-electron chi connectivity index (χ1n) is 4.07. The van der Waals surface area contributed by atoms with Crippen LogP contribution in [0.25, 0.3) is 10.6 Å². The van der Waals surface area contributed by atoms with Gasteiger partial charge in [0.05, 0.1) is 15.0 Å². The molecule has 0 atom stereocenters. The Hall–Kier alpha value is -0.710. The summed E-state index contributed by atoms with van der Waals surface area (Å²) in [5, 5.41) is 1.38. The Morgan fingerprint density at radius 1 is 1.47 bits per heavy atom. The average molecular weight is 303 g/mol. The van der Waals surface area contributed by atoms with Crippen molar-refractivity contribution in [3.8, 4) is 10.6 Å². The van der Waals surface area contributed by atoms with Crippen molar-refractivity contribution < 1.29 is 4.79 Å². The van der Waals surface area contributed by atoms with E-state index in [0.717, 1.165) is 20.6 Å². The summed E-state index contributed by atoms with van der Waals surface area (Å²) in [6, 6.07) is 5.17. The van der Waals surface area contributed by atoms with Gasteiger partial charge in [0, 0.05) is 11.1 Å². The zero-order valence-corrected chi connectivity index (χ0v) is 10.6. The number of thiazole rings is 1. The van der Waals surface area contributed by atoms with Gasteiger partial charge in [0.1, 0.15) is 11.3 Å². The minimum atomic E-state index is 0.543. The van der Waals surface area contributed by atoms with E-state index in [9.17, 15) is 4.79 Å². The minimum Gasteiger partial charge on any atom is -0.298 e. The lowest BCUT2D eigenvalue weighted by atomic mass is 10.1. The van der Waals surface area contributed by atoms with Gasteiger partial charge in [0.2, 0.25) is 0 Å². The van der Waals surface area contributed by atoms with Crippen LogP contribution in [0.1, 0.15) is 10.4 Å². The summed E-state index contributed by atoms with van der Waals surface area (Å²) in [5.74, 6) is 0. The molecule has 2 nitrogen and oxygen atoms in total. The molecule has 0 fully saturated rings. The van der Waals surface area contributed by atoms with Crippen LogP contribution in [0.15, 0.2) is 28.2 Å². The predicted octanol–water partition coefficient (Wildman–Crippen LogP) is 4.04. The molecule has 0 radical (unpaired) electrons. The molecule has 0 spiro atoms. The Morgan fingerprint density at radius 3 is 2.80 bits per heavy atom. The fourth-order valence-corrected chi connectivity index (χ4v) is 2.74. The second-order valence-corrected chi connectivity index (χ2v) is 5.64. The highest BCUT2D eigenvalue weighted by Crippen LogP contribution is 2.33. The maximum atomic E-state index is 10.5. The first kappa shape index (κ1) is 10.8. The summed E-state index contributed by atoms with van der Waals surface area (Å²) in [7, 11) is 0. The highest BCUT2D eigenvalue weighted by Gasteiger charge is 2.08. The molecule has 15 heavy (non-hydrogen) atoms. The fourth-order valence-electron chi connectivity index (χ4n) is 1.16. The molecule has 0 bridgehead atoms. The van der Waals surface area contributed by atoms with Gasteiger partial charge in [-0.1, -0.05) is 17.7 Å². The van der Waals surface area contributed by atoms with E-state index in [-0.39, 0.29) is 0 Å². The third kappa shape index (κ3) is 2.27. The number of hydrogen-bond donors (Lipinski definition) is 0. The van der Waals surface area contributed by atoms with Gasteiger partial charge in [-0.3, -0.25) is 4.79 Å². The highest BCUT2D eigenvalue weighted by molar-refractivity contribution is 9.11. The van der Waals surface area contributed by atoms with Crippen LogP contribution in [0.5, 0.6) is 0 Å². The van der Waals surface area contributed by atoms with Gasteiger partial charge in [-0.15, -0.1) is 11.3 Å². The van der Waals surface area contributed by atoms with Gasteiger partial charge in [-0.2, -0.15) is 0 Å². The summed E-state index contributed by atoms with van der Waals surface area (Å²) >= 11 is 10.9. The first-order valence-corrected chi connectivity index (χ1v) is 6.06. The van der Waals surface area contributed by atoms with Gasteiger partial charge in [-0.25, -0.2) is 4.98 Å². The Bertz CT molecular complexity index is 512. The van der Waals surface area contributed by atoms with E-state index in [4.69, 9.17) is 11.6 Å². The van der Waals surface area contributed by atoms with E-state index >= 15 is 0 Å². The maximum Gasteiger partial charge on any atom is 0.150 e. The Balaban J connectivity index is 2.49. The van der Waals surface area contributed by atoms with Gasteiger partial charge >= 0.3 is 0 Å². The van der Waals surface area contributed by atoms with E-state index in [1.54, 1.807) is 24.4 Å². The van der Waals surface area contributed by atoms with Crippen LogP contribution in [-0.4, -0.2) is 11.3 Å². The van der Waals surface area contributed by atoms with Crippen molar-refractivity contribution in [2.24, 2.45) is 0 Å². The number of benzene rings is 1. The molecular weight excluding hydrogens is 298 g/mol. The number of carbonyl (C=O) groups is 1. The van der Waals surface area contributed by atoms with Crippen molar-refractivity contribution in [2.75, 3.05) is 0 Å². The molecule has 0 amide bonds. The number of hydrogen-bond acceptors (Lipinski definition) is 3. The second-order valence-electron chi connectivity index (χ2n) is 2.83. The molecule has 0 N–H and O–H groups in total. The lowest BCUT2D eigenvalue weighted by Crippen LogP contribution is -1.82. The molecule has 0 aliphatic heterocycles. The molecule has 1 heterocycles. The lowest BCUT2D eigenvalue weighted by molar-refractivity contribution is 0.112. The Labute approximate surface area is 104 Å². The van der Waals surface area contributed by atoms with E-state index in [1.807, 2.05) is 0 Å². The molecule has 2 rings (SSSR count). The van der Waals surface area contributed by atoms with E-state index in [2.05, 4.69) is 20.9 Å². The molecule has 0 aliphatic carbocycles. The van der Waals surface area contributed by atoms with Crippen molar-refractivity contribution in [3.05, 3.63) is 38.8 Å². The summed E-state index contributed by atoms with van der Waals surface area (Å²) in [6.07, 6.45) is 2.50. The van der Waals surface area contributed by atoms with Crippen LogP contribution in [0, 0.1) is 0 Å². The van der Waals surface area contributed by atoms with Crippen LogP contribution in [0.3, 0.4) is 0 Å². The van der Waals surface area contributed by atoms with Crippen molar-refractivity contribution in [2.45, 2.75) is 0 Å². The highest BCUT2D eigenvalue weighted by atomic mass is 79.9. The van der Waals surface area contributed by atoms with E-state index < -0.39 is 0 Å².